The molecule has 2 aromatic carbocycles. The smallest absolute Gasteiger partial charge is 0.244 e. The van der Waals surface area contributed by atoms with Crippen LogP contribution >= 0.6 is 0 Å². The van der Waals surface area contributed by atoms with Crippen LogP contribution in [0.15, 0.2) is 59.5 Å². The van der Waals surface area contributed by atoms with E-state index < -0.39 is 40.4 Å². The number of hydrogen-bond donors (Lipinski definition) is 1. The van der Waals surface area contributed by atoms with Gasteiger partial charge in [-0.1, -0.05) is 42.5 Å². The second-order valence-corrected chi connectivity index (χ2v) is 8.15. The number of benzene rings is 2. The van der Waals surface area contributed by atoms with E-state index in [0.717, 1.165) is 27.6 Å². The first-order valence-electron chi connectivity index (χ1n) is 8.46. The van der Waals surface area contributed by atoms with Crippen LogP contribution in [0.3, 0.4) is 0 Å². The highest BCUT2D eigenvalue weighted by atomic mass is 32.2. The fraction of sp³-hybridized carbons (Fsp3) is 0.250. The zero-order valence-electron chi connectivity index (χ0n) is 14.7. The number of aliphatic hydroxyl groups excluding tert-OH is 1. The number of nitrogens with zero attached hydrogens (tertiary/aromatic N) is 2. The molecule has 1 aliphatic heterocycles. The summed E-state index contributed by atoms with van der Waals surface area (Å²) in [6.07, 6.45) is 3.83. The Morgan fingerprint density at radius 1 is 1.26 bits per heavy atom. The van der Waals surface area contributed by atoms with Crippen molar-refractivity contribution >= 4 is 16.1 Å². The molecule has 27 heavy (non-hydrogen) atoms. The van der Waals surface area contributed by atoms with Crippen LogP contribution in [0.5, 0.6) is 0 Å². The Morgan fingerprint density at radius 3 is 2.52 bits per heavy atom. The highest BCUT2D eigenvalue weighted by Gasteiger charge is 2.55. The maximum atomic E-state index is 13.5. The average Bonchev–Trinajstić information content (AvgIpc) is 2.63. The van der Waals surface area contributed by atoms with E-state index >= 15 is 0 Å². The van der Waals surface area contributed by atoms with Crippen molar-refractivity contribution in [2.24, 2.45) is 0 Å². The lowest BCUT2D eigenvalue weighted by Gasteiger charge is -2.50. The Balaban J connectivity index is 1.96. The minimum absolute atomic E-state index is 0.233. The van der Waals surface area contributed by atoms with Crippen LogP contribution < -0.4 is 0 Å². The summed E-state index contributed by atoms with van der Waals surface area (Å²) in [6.45, 7) is 1.47. The molecule has 0 spiro atoms. The molecule has 1 saturated heterocycles. The Bertz CT molecular complexity index is 997. The summed E-state index contributed by atoms with van der Waals surface area (Å²) < 4.78 is 40.3. The van der Waals surface area contributed by atoms with E-state index in [9.17, 15) is 23.2 Å². The highest BCUT2D eigenvalue weighted by molar-refractivity contribution is 7.89. The summed E-state index contributed by atoms with van der Waals surface area (Å²) in [5.74, 6) is -1.13. The monoisotopic (exact) mass is 386 g/mol. The van der Waals surface area contributed by atoms with Crippen molar-refractivity contribution in [2.75, 3.05) is 6.61 Å². The van der Waals surface area contributed by atoms with Gasteiger partial charge in [0.15, 0.2) is 0 Å². The minimum atomic E-state index is -4.11. The van der Waals surface area contributed by atoms with Gasteiger partial charge in [0.2, 0.25) is 10.0 Å². The molecule has 3 atom stereocenters. The molecular formula is C20H19FN2O3S. The predicted molar refractivity (Wildman–Crippen MR) is 99.6 cm³/mol. The van der Waals surface area contributed by atoms with E-state index in [0.29, 0.717) is 0 Å². The van der Waals surface area contributed by atoms with Gasteiger partial charge in [0, 0.05) is 5.92 Å². The third kappa shape index (κ3) is 3.39. The van der Waals surface area contributed by atoms with Gasteiger partial charge < -0.3 is 5.11 Å². The molecule has 1 fully saturated rings. The summed E-state index contributed by atoms with van der Waals surface area (Å²) in [5, 5.41) is 19.4. The fourth-order valence-electron chi connectivity index (χ4n) is 3.47. The predicted octanol–water partition coefficient (Wildman–Crippen LogP) is 2.90. The van der Waals surface area contributed by atoms with Gasteiger partial charge in [-0.15, -0.1) is 0 Å². The van der Waals surface area contributed by atoms with Gasteiger partial charge in [-0.3, -0.25) is 0 Å². The van der Waals surface area contributed by atoms with Gasteiger partial charge in [-0.05, 0) is 36.2 Å². The third-order valence-electron chi connectivity index (χ3n) is 4.73. The summed E-state index contributed by atoms with van der Waals surface area (Å²) in [5.41, 5.74) is 1.76. The number of nitriles is 1. The van der Waals surface area contributed by atoms with E-state index in [-0.39, 0.29) is 4.90 Å². The van der Waals surface area contributed by atoms with Crippen LogP contribution in [0.2, 0.25) is 0 Å². The maximum Gasteiger partial charge on any atom is 0.244 e. The Hall–Kier alpha value is -2.53. The Kier molecular flexibility index (Phi) is 5.42. The molecule has 5 nitrogen and oxygen atoms in total. The summed E-state index contributed by atoms with van der Waals surface area (Å²) in [4.78, 5) is -0.233. The zero-order chi connectivity index (χ0) is 19.6. The van der Waals surface area contributed by atoms with Crippen LogP contribution in [-0.2, 0) is 10.0 Å². The Morgan fingerprint density at radius 2 is 1.96 bits per heavy atom. The lowest BCUT2D eigenvalue weighted by atomic mass is 9.78. The van der Waals surface area contributed by atoms with Crippen LogP contribution in [0.25, 0.3) is 6.08 Å². The van der Waals surface area contributed by atoms with E-state index in [1.165, 1.54) is 12.1 Å². The largest absolute Gasteiger partial charge is 0.395 e. The van der Waals surface area contributed by atoms with Gasteiger partial charge in [0.1, 0.15) is 11.9 Å². The Labute approximate surface area is 158 Å². The summed E-state index contributed by atoms with van der Waals surface area (Å²) in [7, 11) is -4.11. The zero-order valence-corrected chi connectivity index (χ0v) is 15.5. The molecule has 1 N–H and O–H groups in total. The quantitative estimate of drug-likeness (QED) is 0.857. The van der Waals surface area contributed by atoms with Crippen LogP contribution in [0.1, 0.15) is 24.0 Å². The van der Waals surface area contributed by atoms with E-state index in [1.54, 1.807) is 0 Å². The van der Waals surface area contributed by atoms with Gasteiger partial charge in [-0.2, -0.15) is 9.57 Å². The van der Waals surface area contributed by atoms with Gasteiger partial charge in [0.25, 0.3) is 0 Å². The fourth-order valence-corrected chi connectivity index (χ4v) is 5.25. The van der Waals surface area contributed by atoms with E-state index in [2.05, 4.69) is 0 Å². The van der Waals surface area contributed by atoms with Crippen molar-refractivity contribution in [2.45, 2.75) is 29.8 Å². The normalized spacial score (nSPS) is 23.1. The molecular weight excluding hydrogens is 367 g/mol. The van der Waals surface area contributed by atoms with Crippen molar-refractivity contribution in [1.82, 2.24) is 4.31 Å². The summed E-state index contributed by atoms with van der Waals surface area (Å²) in [6, 6.07) is 12.3. The van der Waals surface area contributed by atoms with Gasteiger partial charge >= 0.3 is 0 Å². The topological polar surface area (TPSA) is 81.4 Å². The molecule has 140 valence electrons. The van der Waals surface area contributed by atoms with Crippen LogP contribution in [0, 0.1) is 17.1 Å². The van der Waals surface area contributed by atoms with Crippen molar-refractivity contribution in [1.29, 1.82) is 5.26 Å². The van der Waals surface area contributed by atoms with Crippen LogP contribution in [-0.4, -0.2) is 36.5 Å². The molecule has 0 amide bonds. The lowest BCUT2D eigenvalue weighted by molar-refractivity contribution is 0.0556. The average molecular weight is 386 g/mol. The molecule has 1 aliphatic rings. The SMILES string of the molecule is CC=Cc1ccc([C@H]2[C@@H](CO)N(S(=O)(=O)c3cccc(F)c3)[C@H]2C#N)cc1. The second kappa shape index (κ2) is 7.61. The molecule has 1 heterocycles. The van der Waals surface area contributed by atoms with E-state index in [1.807, 2.05) is 49.4 Å². The number of aliphatic hydroxyl groups is 1. The number of sulfonamides is 1. The number of halogens is 1. The first-order chi connectivity index (χ1) is 12.9. The van der Waals surface area contributed by atoms with Crippen molar-refractivity contribution in [3.8, 4) is 6.07 Å². The standard InChI is InChI=1S/C20H19FN2O3S/c1-2-4-14-7-9-15(10-8-14)20-18(12-22)23(19(20)13-24)27(25,26)17-6-3-5-16(21)11-17/h2-11,18-20,24H,13H2,1H3/t18-,19+,20+/m0/s1. The van der Waals surface area contributed by atoms with Gasteiger partial charge in [0.05, 0.1) is 23.6 Å². The number of rotatable bonds is 5. The molecule has 0 saturated carbocycles. The number of allylic oxidation sites excluding steroid dienone is 1. The molecule has 0 aromatic heterocycles. The van der Waals surface area contributed by atoms with E-state index in [4.69, 9.17) is 0 Å². The molecule has 3 rings (SSSR count). The maximum absolute atomic E-state index is 13.5. The second-order valence-electron chi connectivity index (χ2n) is 6.31. The lowest BCUT2D eigenvalue weighted by Crippen LogP contribution is -2.65. The van der Waals surface area contributed by atoms with Crippen molar-refractivity contribution < 1.29 is 17.9 Å². The van der Waals surface area contributed by atoms with Crippen molar-refractivity contribution in [3.63, 3.8) is 0 Å². The summed E-state index contributed by atoms with van der Waals surface area (Å²) >= 11 is 0. The van der Waals surface area contributed by atoms with Crippen molar-refractivity contribution in [3.05, 3.63) is 71.6 Å². The number of hydrogen-bond acceptors (Lipinski definition) is 4. The molecule has 0 unspecified atom stereocenters. The minimum Gasteiger partial charge on any atom is -0.395 e. The third-order valence-corrected chi connectivity index (χ3v) is 6.63. The molecule has 7 heteroatoms. The van der Waals surface area contributed by atoms with Crippen LogP contribution in [0.4, 0.5) is 4.39 Å². The van der Waals surface area contributed by atoms with Gasteiger partial charge in [-0.25, -0.2) is 12.8 Å². The molecule has 2 aromatic rings. The molecule has 0 bridgehead atoms. The molecule has 0 radical (unpaired) electrons. The highest BCUT2D eigenvalue weighted by Crippen LogP contribution is 2.44. The molecule has 0 aliphatic carbocycles. The first kappa shape index (κ1) is 19.2. The first-order valence-corrected chi connectivity index (χ1v) is 9.90.